The average Bonchev–Trinajstić information content (AvgIpc) is 2.66. The van der Waals surface area contributed by atoms with E-state index in [9.17, 15) is 9.59 Å². The molecule has 1 saturated heterocycles. The van der Waals surface area contributed by atoms with Crippen molar-refractivity contribution in [2.45, 2.75) is 13.0 Å². The Morgan fingerprint density at radius 1 is 1.20 bits per heavy atom. The number of nitrogens with one attached hydrogen (secondary N) is 3. The van der Waals surface area contributed by atoms with Crippen molar-refractivity contribution in [3.05, 3.63) is 53.9 Å². The van der Waals surface area contributed by atoms with E-state index in [2.05, 4.69) is 20.9 Å². The summed E-state index contributed by atoms with van der Waals surface area (Å²) in [6.07, 6.45) is 3.13. The zero-order chi connectivity index (χ0) is 17.6. The van der Waals surface area contributed by atoms with Crippen LogP contribution in [0.15, 0.2) is 42.7 Å². The number of carbonyl (C=O) groups excluding carboxylic acids is 2. The van der Waals surface area contributed by atoms with Crippen LogP contribution in [-0.4, -0.2) is 42.6 Å². The Morgan fingerprint density at radius 3 is 2.72 bits per heavy atom. The van der Waals surface area contributed by atoms with Gasteiger partial charge in [0.1, 0.15) is 6.04 Å². The van der Waals surface area contributed by atoms with E-state index in [0.29, 0.717) is 36.7 Å². The van der Waals surface area contributed by atoms with Crippen LogP contribution in [0.4, 0.5) is 11.4 Å². The molecule has 3 rings (SSSR count). The van der Waals surface area contributed by atoms with Gasteiger partial charge in [-0.1, -0.05) is 6.07 Å². The number of amides is 2. The summed E-state index contributed by atoms with van der Waals surface area (Å²) in [4.78, 5) is 28.5. The van der Waals surface area contributed by atoms with Gasteiger partial charge in [-0.2, -0.15) is 0 Å². The van der Waals surface area contributed by atoms with Crippen molar-refractivity contribution in [3.8, 4) is 0 Å². The number of benzene rings is 1. The molecule has 3 N–H and O–H groups in total. The smallest absolute Gasteiger partial charge is 0.255 e. The molecule has 0 radical (unpaired) electrons. The summed E-state index contributed by atoms with van der Waals surface area (Å²) < 4.78 is 5.30. The summed E-state index contributed by atoms with van der Waals surface area (Å²) in [7, 11) is 0. The molecule has 25 heavy (non-hydrogen) atoms. The van der Waals surface area contributed by atoms with Crippen molar-refractivity contribution < 1.29 is 14.3 Å². The maximum Gasteiger partial charge on any atom is 0.255 e. The van der Waals surface area contributed by atoms with Crippen LogP contribution in [0.2, 0.25) is 0 Å². The first kappa shape index (κ1) is 17.1. The molecule has 1 aromatic carbocycles. The minimum Gasteiger partial charge on any atom is -0.378 e. The first-order valence-electron chi connectivity index (χ1n) is 8.07. The number of aryl methyl sites for hydroxylation is 1. The highest BCUT2D eigenvalue weighted by Gasteiger charge is 2.21. The second-order valence-corrected chi connectivity index (χ2v) is 5.79. The summed E-state index contributed by atoms with van der Waals surface area (Å²) in [5, 5.41) is 8.82. The molecule has 0 bridgehead atoms. The van der Waals surface area contributed by atoms with E-state index in [1.807, 2.05) is 13.0 Å². The Kier molecular flexibility index (Phi) is 5.37. The van der Waals surface area contributed by atoms with Crippen LogP contribution in [0.3, 0.4) is 0 Å². The van der Waals surface area contributed by atoms with Gasteiger partial charge in [-0.15, -0.1) is 0 Å². The second-order valence-electron chi connectivity index (χ2n) is 5.79. The number of hydrogen-bond acceptors (Lipinski definition) is 5. The van der Waals surface area contributed by atoms with Gasteiger partial charge in [-0.25, -0.2) is 0 Å². The van der Waals surface area contributed by atoms with E-state index in [-0.39, 0.29) is 17.9 Å². The molecule has 2 amide bonds. The third-order valence-electron chi connectivity index (χ3n) is 3.93. The molecular formula is C18H20N4O3. The highest BCUT2D eigenvalue weighted by Crippen LogP contribution is 2.21. The number of pyridine rings is 1. The standard InChI is InChI=1S/C18H20N4O3/c1-12-2-3-14(21-18(24)16-11-25-9-8-20-16)10-15(12)22-17(23)13-4-6-19-7-5-13/h2-7,10,16,20H,8-9,11H2,1H3,(H,21,24)(H,22,23). The lowest BCUT2D eigenvalue weighted by Gasteiger charge is -2.23. The normalized spacial score (nSPS) is 16.9. The lowest BCUT2D eigenvalue weighted by Crippen LogP contribution is -2.48. The average molecular weight is 340 g/mol. The van der Waals surface area contributed by atoms with Crippen LogP contribution < -0.4 is 16.0 Å². The maximum atomic E-state index is 12.3. The van der Waals surface area contributed by atoms with Gasteiger partial charge in [0.15, 0.2) is 0 Å². The lowest BCUT2D eigenvalue weighted by atomic mass is 10.1. The van der Waals surface area contributed by atoms with Crippen molar-refractivity contribution in [2.24, 2.45) is 0 Å². The summed E-state index contributed by atoms with van der Waals surface area (Å²) in [6, 6.07) is 8.32. The highest BCUT2D eigenvalue weighted by atomic mass is 16.5. The predicted octanol–water partition coefficient (Wildman–Crippen LogP) is 1.57. The number of aromatic nitrogens is 1. The molecule has 0 spiro atoms. The van der Waals surface area contributed by atoms with Crippen LogP contribution in [-0.2, 0) is 9.53 Å². The summed E-state index contributed by atoms with van der Waals surface area (Å²) >= 11 is 0. The SMILES string of the molecule is Cc1ccc(NC(=O)C2COCCN2)cc1NC(=O)c1ccncc1. The molecule has 1 atom stereocenters. The fourth-order valence-corrected chi connectivity index (χ4v) is 2.50. The first-order chi connectivity index (χ1) is 12.1. The van der Waals surface area contributed by atoms with Gasteiger partial charge in [-0.3, -0.25) is 14.6 Å². The number of anilines is 2. The molecule has 7 heteroatoms. The molecule has 2 aromatic rings. The molecule has 1 aromatic heterocycles. The molecule has 2 heterocycles. The first-order valence-corrected chi connectivity index (χ1v) is 8.07. The number of ether oxygens (including phenoxy) is 1. The zero-order valence-electron chi connectivity index (χ0n) is 13.9. The van der Waals surface area contributed by atoms with Crippen molar-refractivity contribution in [1.82, 2.24) is 10.3 Å². The number of morpholine rings is 1. The number of hydrogen-bond donors (Lipinski definition) is 3. The fraction of sp³-hybridized carbons (Fsp3) is 0.278. The van der Waals surface area contributed by atoms with Gasteiger partial charge in [0.25, 0.3) is 5.91 Å². The van der Waals surface area contributed by atoms with Gasteiger partial charge < -0.3 is 20.7 Å². The molecule has 0 aliphatic carbocycles. The van der Waals surface area contributed by atoms with Crippen molar-refractivity contribution in [1.29, 1.82) is 0 Å². The van der Waals surface area contributed by atoms with E-state index in [4.69, 9.17) is 4.74 Å². The topological polar surface area (TPSA) is 92.4 Å². The monoisotopic (exact) mass is 340 g/mol. The van der Waals surface area contributed by atoms with E-state index in [1.165, 1.54) is 0 Å². The van der Waals surface area contributed by atoms with Gasteiger partial charge in [0, 0.05) is 35.9 Å². The Balaban J connectivity index is 1.69. The van der Waals surface area contributed by atoms with E-state index in [1.54, 1.807) is 36.7 Å². The van der Waals surface area contributed by atoms with Crippen LogP contribution >= 0.6 is 0 Å². The number of carbonyl (C=O) groups is 2. The molecule has 0 saturated carbocycles. The third-order valence-corrected chi connectivity index (χ3v) is 3.93. The van der Waals surface area contributed by atoms with E-state index in [0.717, 1.165) is 5.56 Å². The second kappa shape index (κ2) is 7.87. The summed E-state index contributed by atoms with van der Waals surface area (Å²) in [5.41, 5.74) is 2.69. The molecule has 1 fully saturated rings. The van der Waals surface area contributed by atoms with Crippen LogP contribution in [0.1, 0.15) is 15.9 Å². The van der Waals surface area contributed by atoms with E-state index >= 15 is 0 Å². The van der Waals surface area contributed by atoms with Gasteiger partial charge in [-0.05, 0) is 36.8 Å². The Hall–Kier alpha value is -2.77. The molecule has 1 aliphatic heterocycles. The van der Waals surface area contributed by atoms with Gasteiger partial charge in [0.05, 0.1) is 13.2 Å². The summed E-state index contributed by atoms with van der Waals surface area (Å²) in [6.45, 7) is 3.51. The van der Waals surface area contributed by atoms with Gasteiger partial charge in [0.2, 0.25) is 5.91 Å². The number of nitrogens with zero attached hydrogens (tertiary/aromatic N) is 1. The molecule has 1 unspecified atom stereocenters. The van der Waals surface area contributed by atoms with Crippen LogP contribution in [0, 0.1) is 6.92 Å². The minimum absolute atomic E-state index is 0.157. The zero-order valence-corrected chi connectivity index (χ0v) is 13.9. The summed E-state index contributed by atoms with van der Waals surface area (Å²) in [5.74, 6) is -0.383. The molecular weight excluding hydrogens is 320 g/mol. The third kappa shape index (κ3) is 4.40. The van der Waals surface area contributed by atoms with Crippen LogP contribution in [0.5, 0.6) is 0 Å². The van der Waals surface area contributed by atoms with Gasteiger partial charge >= 0.3 is 0 Å². The molecule has 7 nitrogen and oxygen atoms in total. The quantitative estimate of drug-likeness (QED) is 0.786. The predicted molar refractivity (Wildman–Crippen MR) is 94.6 cm³/mol. The van der Waals surface area contributed by atoms with Crippen LogP contribution in [0.25, 0.3) is 0 Å². The Bertz CT molecular complexity index is 758. The molecule has 1 aliphatic rings. The van der Waals surface area contributed by atoms with E-state index < -0.39 is 0 Å². The number of rotatable bonds is 4. The molecule has 130 valence electrons. The van der Waals surface area contributed by atoms with Crippen molar-refractivity contribution >= 4 is 23.2 Å². The Labute approximate surface area is 145 Å². The van der Waals surface area contributed by atoms with Crippen molar-refractivity contribution in [2.75, 3.05) is 30.4 Å². The minimum atomic E-state index is -0.370. The lowest BCUT2D eigenvalue weighted by molar-refractivity contribution is -0.120. The van der Waals surface area contributed by atoms with Crippen molar-refractivity contribution in [3.63, 3.8) is 0 Å². The maximum absolute atomic E-state index is 12.3. The fourth-order valence-electron chi connectivity index (χ4n) is 2.50. The largest absolute Gasteiger partial charge is 0.378 e. The Morgan fingerprint density at radius 2 is 2.00 bits per heavy atom. The highest BCUT2D eigenvalue weighted by molar-refractivity contribution is 6.05.